The molecule has 3 aromatic carbocycles. The van der Waals surface area contributed by atoms with E-state index in [1.54, 1.807) is 0 Å². The highest BCUT2D eigenvalue weighted by Crippen LogP contribution is 2.47. The molecule has 0 aromatic heterocycles. The predicted octanol–water partition coefficient (Wildman–Crippen LogP) is 4.96. The summed E-state index contributed by atoms with van der Waals surface area (Å²) in [6, 6.07) is 23.9. The number of fused-ring (bicyclic) bond motifs is 2. The van der Waals surface area contributed by atoms with E-state index in [1.807, 2.05) is 66.5 Å². The number of likely N-dealkylation sites (N-methyl/N-ethyl adjacent to an activating group) is 1. The van der Waals surface area contributed by atoms with Crippen LogP contribution < -0.4 is 25.0 Å². The van der Waals surface area contributed by atoms with Gasteiger partial charge in [0, 0.05) is 31.6 Å². The van der Waals surface area contributed by atoms with Crippen LogP contribution in [0.4, 0.5) is 5.69 Å². The van der Waals surface area contributed by atoms with Gasteiger partial charge in [0.25, 0.3) is 5.91 Å². The lowest BCUT2D eigenvalue weighted by Crippen LogP contribution is -2.55. The van der Waals surface area contributed by atoms with Crippen molar-refractivity contribution in [3.8, 4) is 11.5 Å². The van der Waals surface area contributed by atoms with Crippen molar-refractivity contribution >= 4 is 11.6 Å². The lowest BCUT2D eigenvalue weighted by Gasteiger charge is -2.41. The highest BCUT2D eigenvalue weighted by Gasteiger charge is 2.43. The van der Waals surface area contributed by atoms with Gasteiger partial charge in [-0.1, -0.05) is 61.5 Å². The molecule has 3 aromatic rings. The molecule has 6 rings (SSSR count). The van der Waals surface area contributed by atoms with Crippen LogP contribution in [-0.4, -0.2) is 55.0 Å². The number of hydrogen-bond acceptors (Lipinski definition) is 6. The molecule has 42 heavy (non-hydrogen) atoms. The molecule has 4 atom stereocenters. The average Bonchev–Trinajstić information content (AvgIpc) is 3.46. The summed E-state index contributed by atoms with van der Waals surface area (Å²) in [5.74, 6) is 1.43. The maximum Gasteiger partial charge on any atom is 0.263 e. The molecular weight excluding hydrogens is 526 g/mol. The molecule has 2 heterocycles. The van der Waals surface area contributed by atoms with E-state index in [4.69, 9.17) is 9.47 Å². The van der Waals surface area contributed by atoms with Gasteiger partial charge in [-0.2, -0.15) is 0 Å². The number of nitrogens with one attached hydrogen (secondary N) is 2. The molecule has 7 heteroatoms. The minimum Gasteiger partial charge on any atom is -0.487 e. The minimum absolute atomic E-state index is 0.0768. The molecule has 7 nitrogen and oxygen atoms in total. The van der Waals surface area contributed by atoms with Crippen molar-refractivity contribution in [1.82, 2.24) is 10.6 Å². The zero-order valence-corrected chi connectivity index (χ0v) is 24.7. The fourth-order valence-electron chi connectivity index (χ4n) is 6.83. The largest absolute Gasteiger partial charge is 0.487 e. The third-order valence-electron chi connectivity index (χ3n) is 9.22. The summed E-state index contributed by atoms with van der Waals surface area (Å²) in [6.07, 6.45) is 5.39. The third kappa shape index (κ3) is 6.13. The number of ether oxygens (including phenoxy) is 2. The van der Waals surface area contributed by atoms with E-state index in [0.717, 1.165) is 42.7 Å². The monoisotopic (exact) mass is 569 g/mol. The van der Waals surface area contributed by atoms with Crippen molar-refractivity contribution in [1.29, 1.82) is 0 Å². The van der Waals surface area contributed by atoms with Crippen LogP contribution in [0.2, 0.25) is 0 Å². The van der Waals surface area contributed by atoms with Crippen LogP contribution in [0.25, 0.3) is 0 Å². The highest BCUT2D eigenvalue weighted by molar-refractivity contribution is 5.83. The summed E-state index contributed by atoms with van der Waals surface area (Å²) in [7, 11) is 1.97. The second kappa shape index (κ2) is 12.4. The van der Waals surface area contributed by atoms with Crippen LogP contribution in [0, 0.1) is 0 Å². The Labute approximate surface area is 249 Å². The van der Waals surface area contributed by atoms with Crippen molar-refractivity contribution in [2.24, 2.45) is 0 Å². The zero-order chi connectivity index (χ0) is 29.1. The molecule has 1 unspecified atom stereocenters. The van der Waals surface area contributed by atoms with E-state index in [1.165, 1.54) is 24.0 Å². The fraction of sp³-hybridized carbons (Fsp3) is 0.457. The quantitative estimate of drug-likeness (QED) is 0.338. The number of benzene rings is 3. The summed E-state index contributed by atoms with van der Waals surface area (Å²) in [5, 5.41) is 18.5. The number of aryl methyl sites for hydroxylation is 1. The molecule has 0 bridgehead atoms. The Morgan fingerprint density at radius 2 is 1.79 bits per heavy atom. The van der Waals surface area contributed by atoms with E-state index in [0.29, 0.717) is 25.3 Å². The number of carbonyl (C=O) groups excluding carboxylic acids is 1. The second-order valence-corrected chi connectivity index (χ2v) is 12.2. The Bertz CT molecular complexity index is 1370. The first kappa shape index (κ1) is 28.6. The van der Waals surface area contributed by atoms with Gasteiger partial charge in [0.1, 0.15) is 17.1 Å². The van der Waals surface area contributed by atoms with Crippen molar-refractivity contribution in [2.75, 3.05) is 25.0 Å². The Balaban J connectivity index is 1.18. The van der Waals surface area contributed by atoms with Gasteiger partial charge in [-0.15, -0.1) is 0 Å². The van der Waals surface area contributed by atoms with Crippen molar-refractivity contribution in [2.45, 2.75) is 81.8 Å². The van der Waals surface area contributed by atoms with E-state index in [2.05, 4.69) is 35.8 Å². The van der Waals surface area contributed by atoms with E-state index < -0.39 is 18.2 Å². The molecular formula is C35H43N3O4. The number of aliphatic hydroxyl groups excluding tert-OH is 1. The standard InChI is InChI=1S/C35H43N3O4/c1-3-24-15-16-31-26(19-24)28(21-35(42-31)17-9-10-18-35)36-22-30(39)27(20-25-11-5-4-6-12-25)37-34(40)33-23-38(2)29-13-7-8-14-32(29)41-33/h4-8,11-16,19,27-28,30,33,36,39H,3,9-10,17-18,20-23H2,1-2H3,(H,37,40)/t27-,28-,30+,33?/m0/s1. The van der Waals surface area contributed by atoms with Crippen molar-refractivity contribution in [3.05, 3.63) is 89.5 Å². The Morgan fingerprint density at radius 3 is 2.57 bits per heavy atom. The molecule has 3 N–H and O–H groups in total. The van der Waals surface area contributed by atoms with Crippen LogP contribution >= 0.6 is 0 Å². The number of carbonyl (C=O) groups is 1. The average molecular weight is 570 g/mol. The molecule has 1 aliphatic carbocycles. The van der Waals surface area contributed by atoms with Gasteiger partial charge >= 0.3 is 0 Å². The van der Waals surface area contributed by atoms with Gasteiger partial charge in [-0.3, -0.25) is 4.79 Å². The van der Waals surface area contributed by atoms with Gasteiger partial charge in [-0.05, 0) is 67.9 Å². The second-order valence-electron chi connectivity index (χ2n) is 12.2. The predicted molar refractivity (Wildman–Crippen MR) is 165 cm³/mol. The molecule has 3 aliphatic rings. The van der Waals surface area contributed by atoms with E-state index in [9.17, 15) is 9.90 Å². The topological polar surface area (TPSA) is 83.1 Å². The van der Waals surface area contributed by atoms with Gasteiger partial charge in [-0.25, -0.2) is 0 Å². The molecule has 1 amide bonds. The minimum atomic E-state index is -0.803. The lowest BCUT2D eigenvalue weighted by molar-refractivity contribution is -0.129. The first-order valence-electron chi connectivity index (χ1n) is 15.5. The molecule has 1 saturated carbocycles. The van der Waals surface area contributed by atoms with E-state index >= 15 is 0 Å². The normalized spacial score (nSPS) is 21.9. The summed E-state index contributed by atoms with van der Waals surface area (Å²) in [6.45, 7) is 2.96. The van der Waals surface area contributed by atoms with Crippen LogP contribution in [0.15, 0.2) is 72.8 Å². The van der Waals surface area contributed by atoms with Gasteiger partial charge in [0.15, 0.2) is 6.10 Å². The van der Waals surface area contributed by atoms with Crippen LogP contribution in [0.3, 0.4) is 0 Å². The number of hydrogen-bond donors (Lipinski definition) is 3. The van der Waals surface area contributed by atoms with Gasteiger partial charge in [0.05, 0.1) is 24.4 Å². The number of rotatable bonds is 9. The summed E-state index contributed by atoms with van der Waals surface area (Å²) >= 11 is 0. The smallest absolute Gasteiger partial charge is 0.263 e. The maximum absolute atomic E-state index is 13.6. The number of nitrogens with zero attached hydrogens (tertiary/aromatic N) is 1. The lowest BCUT2D eigenvalue weighted by atomic mass is 9.85. The molecule has 0 radical (unpaired) electrons. The first-order valence-corrected chi connectivity index (χ1v) is 15.5. The number of amides is 1. The first-order chi connectivity index (χ1) is 20.4. The van der Waals surface area contributed by atoms with Crippen molar-refractivity contribution in [3.63, 3.8) is 0 Å². The van der Waals surface area contributed by atoms with Crippen LogP contribution in [0.5, 0.6) is 11.5 Å². The van der Waals surface area contributed by atoms with Crippen molar-refractivity contribution < 1.29 is 19.4 Å². The molecule has 1 spiro atoms. The number of para-hydroxylation sites is 2. The van der Waals surface area contributed by atoms with Gasteiger partial charge < -0.3 is 30.1 Å². The summed E-state index contributed by atoms with van der Waals surface area (Å²) in [5.41, 5.74) is 4.33. The number of aliphatic hydroxyl groups is 1. The van der Waals surface area contributed by atoms with E-state index in [-0.39, 0.29) is 17.6 Å². The van der Waals surface area contributed by atoms with Crippen LogP contribution in [0.1, 0.15) is 61.8 Å². The Hall–Kier alpha value is -3.55. The molecule has 0 saturated heterocycles. The van der Waals surface area contributed by atoms with Gasteiger partial charge in [0.2, 0.25) is 0 Å². The summed E-state index contributed by atoms with van der Waals surface area (Å²) in [4.78, 5) is 15.6. The van der Waals surface area contributed by atoms with Crippen LogP contribution in [-0.2, 0) is 17.6 Å². The Morgan fingerprint density at radius 1 is 1.02 bits per heavy atom. The molecule has 222 valence electrons. The maximum atomic E-state index is 13.6. The third-order valence-corrected chi connectivity index (χ3v) is 9.22. The fourth-order valence-corrected chi connectivity index (χ4v) is 6.83. The molecule has 2 aliphatic heterocycles. The number of anilines is 1. The zero-order valence-electron chi connectivity index (χ0n) is 24.7. The highest BCUT2D eigenvalue weighted by atomic mass is 16.5. The Kier molecular flexibility index (Phi) is 8.41. The SMILES string of the molecule is CCc1ccc2c(c1)[C@@H](NC[C@@H](O)[C@H](Cc1ccccc1)NC(=O)C1CN(C)c3ccccc3O1)CC1(CCCC1)O2. The molecule has 1 fully saturated rings. The summed E-state index contributed by atoms with van der Waals surface area (Å²) < 4.78 is 12.7.